The number of nitrogens with one attached hydrogen (secondary N) is 1. The van der Waals surface area contributed by atoms with E-state index in [0.717, 1.165) is 0 Å². The molecule has 102 valence electrons. The number of anilines is 2. The van der Waals surface area contributed by atoms with Gasteiger partial charge in [0.2, 0.25) is 10.0 Å². The van der Waals surface area contributed by atoms with Crippen molar-refractivity contribution in [2.45, 2.75) is 20.3 Å². The Morgan fingerprint density at radius 1 is 1.39 bits per heavy atom. The molecule has 0 saturated carbocycles. The molecule has 0 spiro atoms. The lowest BCUT2D eigenvalue weighted by atomic mass is 10.2. The molecule has 0 heterocycles. The van der Waals surface area contributed by atoms with Crippen molar-refractivity contribution < 1.29 is 13.2 Å². The molecule has 5 nitrogen and oxygen atoms in total. The van der Waals surface area contributed by atoms with Crippen LogP contribution < -0.4 is 15.2 Å². The van der Waals surface area contributed by atoms with E-state index >= 15 is 0 Å². The van der Waals surface area contributed by atoms with Crippen molar-refractivity contribution in [1.29, 1.82) is 0 Å². The molecule has 0 saturated heterocycles. The second kappa shape index (κ2) is 5.95. The lowest BCUT2D eigenvalue weighted by molar-refractivity contribution is 0.417. The Labute approximate surface area is 108 Å². The Kier molecular flexibility index (Phi) is 4.84. The molecule has 1 rings (SSSR count). The summed E-state index contributed by atoms with van der Waals surface area (Å²) in [7, 11) is -1.83. The Balaban J connectivity index is 2.78. The molecule has 1 aromatic rings. The minimum absolute atomic E-state index is 0.108. The van der Waals surface area contributed by atoms with Crippen molar-refractivity contribution in [3.05, 3.63) is 18.2 Å². The van der Waals surface area contributed by atoms with Crippen LogP contribution in [0.15, 0.2) is 18.2 Å². The van der Waals surface area contributed by atoms with Crippen molar-refractivity contribution in [2.75, 3.05) is 23.3 Å². The van der Waals surface area contributed by atoms with Gasteiger partial charge in [-0.25, -0.2) is 8.42 Å². The summed E-state index contributed by atoms with van der Waals surface area (Å²) in [6.07, 6.45) is 0.626. The number of ether oxygens (including phenoxy) is 1. The average molecular weight is 272 g/mol. The van der Waals surface area contributed by atoms with Gasteiger partial charge in [-0.2, -0.15) is 0 Å². The predicted octanol–water partition coefficient (Wildman–Crippen LogP) is 2.07. The van der Waals surface area contributed by atoms with Crippen molar-refractivity contribution in [1.82, 2.24) is 0 Å². The predicted molar refractivity (Wildman–Crippen MR) is 74.3 cm³/mol. The maximum Gasteiger partial charge on any atom is 0.232 e. The molecule has 0 atom stereocenters. The molecule has 6 heteroatoms. The minimum Gasteiger partial charge on any atom is -0.495 e. The van der Waals surface area contributed by atoms with Gasteiger partial charge in [-0.15, -0.1) is 0 Å². The summed E-state index contributed by atoms with van der Waals surface area (Å²) in [5, 5.41) is 0. The van der Waals surface area contributed by atoms with E-state index < -0.39 is 10.0 Å². The monoisotopic (exact) mass is 272 g/mol. The molecular formula is C12H20N2O3S. The summed E-state index contributed by atoms with van der Waals surface area (Å²) >= 11 is 0. The largest absolute Gasteiger partial charge is 0.495 e. The smallest absolute Gasteiger partial charge is 0.232 e. The molecule has 0 amide bonds. The van der Waals surface area contributed by atoms with Crippen LogP contribution in [0.3, 0.4) is 0 Å². The second-order valence-electron chi connectivity index (χ2n) is 4.56. The molecule has 0 fully saturated rings. The van der Waals surface area contributed by atoms with E-state index in [9.17, 15) is 8.42 Å². The average Bonchev–Trinajstić information content (AvgIpc) is 2.29. The third-order valence-electron chi connectivity index (χ3n) is 2.47. The first-order valence-electron chi connectivity index (χ1n) is 5.78. The van der Waals surface area contributed by atoms with Crippen molar-refractivity contribution in [2.24, 2.45) is 5.92 Å². The summed E-state index contributed by atoms with van der Waals surface area (Å²) in [6.45, 7) is 3.98. The third kappa shape index (κ3) is 4.44. The molecule has 0 unspecified atom stereocenters. The molecule has 18 heavy (non-hydrogen) atoms. The fourth-order valence-electron chi connectivity index (χ4n) is 1.40. The van der Waals surface area contributed by atoms with Gasteiger partial charge in [0, 0.05) is 6.07 Å². The number of benzene rings is 1. The van der Waals surface area contributed by atoms with Gasteiger partial charge >= 0.3 is 0 Å². The summed E-state index contributed by atoms with van der Waals surface area (Å²) < 4.78 is 31.2. The van der Waals surface area contributed by atoms with Crippen LogP contribution in [-0.2, 0) is 10.0 Å². The summed E-state index contributed by atoms with van der Waals surface area (Å²) in [5.41, 5.74) is 6.60. The van der Waals surface area contributed by atoms with Crippen LogP contribution in [0.4, 0.5) is 11.4 Å². The van der Waals surface area contributed by atoms with Gasteiger partial charge in [0.05, 0.1) is 24.2 Å². The quantitative estimate of drug-likeness (QED) is 0.777. The lowest BCUT2D eigenvalue weighted by Gasteiger charge is -2.11. The normalized spacial score (nSPS) is 11.6. The second-order valence-corrected chi connectivity index (χ2v) is 6.40. The Morgan fingerprint density at radius 3 is 2.61 bits per heavy atom. The van der Waals surface area contributed by atoms with Gasteiger partial charge in [-0.1, -0.05) is 13.8 Å². The van der Waals surface area contributed by atoms with Crippen molar-refractivity contribution in [3.8, 4) is 5.75 Å². The zero-order valence-electron chi connectivity index (χ0n) is 10.9. The Morgan fingerprint density at radius 2 is 2.06 bits per heavy atom. The van der Waals surface area contributed by atoms with E-state index in [-0.39, 0.29) is 5.75 Å². The SMILES string of the molecule is COc1cc(NS(=O)(=O)CCC(C)C)ccc1N. The topological polar surface area (TPSA) is 81.4 Å². The maximum absolute atomic E-state index is 11.8. The van der Waals surface area contributed by atoms with Gasteiger partial charge in [-0.05, 0) is 24.5 Å². The van der Waals surface area contributed by atoms with E-state index in [1.54, 1.807) is 18.2 Å². The van der Waals surface area contributed by atoms with Gasteiger partial charge in [0.25, 0.3) is 0 Å². The molecule has 0 bridgehead atoms. The van der Waals surface area contributed by atoms with Crippen LogP contribution in [0.1, 0.15) is 20.3 Å². The van der Waals surface area contributed by atoms with Crippen LogP contribution >= 0.6 is 0 Å². The molecule has 1 aromatic carbocycles. The van der Waals surface area contributed by atoms with E-state index in [4.69, 9.17) is 10.5 Å². The summed E-state index contributed by atoms with van der Waals surface area (Å²) in [5.74, 6) is 0.916. The van der Waals surface area contributed by atoms with Crippen LogP contribution in [0.25, 0.3) is 0 Å². The molecule has 0 aliphatic heterocycles. The summed E-state index contributed by atoms with van der Waals surface area (Å²) in [4.78, 5) is 0. The zero-order chi connectivity index (χ0) is 13.8. The minimum atomic E-state index is -3.31. The fraction of sp³-hybridized carbons (Fsp3) is 0.500. The number of nitrogens with two attached hydrogens (primary N) is 1. The van der Waals surface area contributed by atoms with E-state index in [1.807, 2.05) is 13.8 Å². The standard InChI is InChI=1S/C12H20N2O3S/c1-9(2)6-7-18(15,16)14-10-4-5-11(13)12(8-10)17-3/h4-5,8-9,14H,6-7,13H2,1-3H3. The van der Waals surface area contributed by atoms with Gasteiger partial charge in [0.1, 0.15) is 5.75 Å². The molecule has 3 N–H and O–H groups in total. The first-order valence-corrected chi connectivity index (χ1v) is 7.43. The molecule has 0 aromatic heterocycles. The number of methoxy groups -OCH3 is 1. The highest BCUT2D eigenvalue weighted by molar-refractivity contribution is 7.92. The van der Waals surface area contributed by atoms with Crippen LogP contribution in [0, 0.1) is 5.92 Å². The highest BCUT2D eigenvalue weighted by Gasteiger charge is 2.12. The van der Waals surface area contributed by atoms with E-state index in [1.165, 1.54) is 7.11 Å². The number of nitrogen functional groups attached to an aromatic ring is 1. The zero-order valence-corrected chi connectivity index (χ0v) is 11.8. The number of hydrogen-bond acceptors (Lipinski definition) is 4. The molecule has 0 aliphatic rings. The highest BCUT2D eigenvalue weighted by Crippen LogP contribution is 2.25. The Bertz CT molecular complexity index is 498. The van der Waals surface area contributed by atoms with E-state index in [0.29, 0.717) is 29.5 Å². The third-order valence-corrected chi connectivity index (χ3v) is 3.79. The van der Waals surface area contributed by atoms with E-state index in [2.05, 4.69) is 4.72 Å². The van der Waals surface area contributed by atoms with Gasteiger partial charge in [-0.3, -0.25) is 4.72 Å². The highest BCUT2D eigenvalue weighted by atomic mass is 32.2. The van der Waals surface area contributed by atoms with Crippen LogP contribution in [-0.4, -0.2) is 21.3 Å². The Hall–Kier alpha value is -1.43. The molecular weight excluding hydrogens is 252 g/mol. The summed E-state index contributed by atoms with van der Waals surface area (Å²) in [6, 6.07) is 4.80. The maximum atomic E-state index is 11.8. The van der Waals surface area contributed by atoms with Gasteiger partial charge in [0.15, 0.2) is 0 Å². The van der Waals surface area contributed by atoms with Crippen LogP contribution in [0.2, 0.25) is 0 Å². The number of rotatable bonds is 6. The van der Waals surface area contributed by atoms with Gasteiger partial charge < -0.3 is 10.5 Å². The van der Waals surface area contributed by atoms with Crippen molar-refractivity contribution >= 4 is 21.4 Å². The molecule has 0 aliphatic carbocycles. The fourth-order valence-corrected chi connectivity index (χ4v) is 2.77. The number of sulfonamides is 1. The number of hydrogen-bond donors (Lipinski definition) is 2. The first-order chi connectivity index (χ1) is 8.34. The molecule has 0 radical (unpaired) electrons. The lowest BCUT2D eigenvalue weighted by Crippen LogP contribution is -2.18. The van der Waals surface area contributed by atoms with Crippen molar-refractivity contribution in [3.63, 3.8) is 0 Å². The van der Waals surface area contributed by atoms with Crippen LogP contribution in [0.5, 0.6) is 5.75 Å². The first kappa shape index (κ1) is 14.6.